The molecule has 0 aliphatic rings. The van der Waals surface area contributed by atoms with Gasteiger partial charge in [-0.05, 0) is 18.2 Å². The summed E-state index contributed by atoms with van der Waals surface area (Å²) >= 11 is 12.1. The van der Waals surface area contributed by atoms with E-state index in [1.165, 1.54) is 0 Å². The monoisotopic (exact) mass is 288 g/mol. The van der Waals surface area contributed by atoms with E-state index in [0.717, 1.165) is 11.0 Å². The van der Waals surface area contributed by atoms with Crippen LogP contribution in [0.3, 0.4) is 0 Å². The number of rotatable bonds is 0. The first kappa shape index (κ1) is 11.0. The summed E-state index contributed by atoms with van der Waals surface area (Å²) in [5.41, 5.74) is 3.74. The molecule has 0 aliphatic heterocycles. The number of hydrogen-bond acceptors (Lipinski definition) is 3. The van der Waals surface area contributed by atoms with E-state index in [-0.39, 0.29) is 0 Å². The Kier molecular flexibility index (Phi) is 2.19. The lowest BCUT2D eigenvalue weighted by Crippen LogP contribution is -1.95. The molecule has 0 aliphatic carbocycles. The molecule has 92 valence electrons. The molecule has 0 N–H and O–H groups in total. The van der Waals surface area contributed by atoms with Crippen LogP contribution in [-0.2, 0) is 0 Å². The minimum absolute atomic E-state index is 0.341. The van der Waals surface area contributed by atoms with Gasteiger partial charge in [0.25, 0.3) is 0 Å². The van der Waals surface area contributed by atoms with Crippen molar-refractivity contribution in [1.82, 2.24) is 19.4 Å². The molecule has 0 saturated carbocycles. The molecule has 3 aromatic heterocycles. The summed E-state index contributed by atoms with van der Waals surface area (Å²) in [7, 11) is 0. The van der Waals surface area contributed by atoms with Gasteiger partial charge >= 0.3 is 0 Å². The normalized spacial score (nSPS) is 11.7. The van der Waals surface area contributed by atoms with E-state index in [1.807, 2.05) is 28.7 Å². The van der Waals surface area contributed by atoms with E-state index in [9.17, 15) is 0 Å². The molecule has 0 atom stereocenters. The van der Waals surface area contributed by atoms with Gasteiger partial charge in [-0.1, -0.05) is 35.3 Å². The number of halogens is 2. The van der Waals surface area contributed by atoms with Crippen molar-refractivity contribution in [2.24, 2.45) is 0 Å². The van der Waals surface area contributed by atoms with Crippen molar-refractivity contribution in [2.45, 2.75) is 0 Å². The summed E-state index contributed by atoms with van der Waals surface area (Å²) in [6, 6.07) is 9.53. The highest BCUT2D eigenvalue weighted by atomic mass is 35.5. The van der Waals surface area contributed by atoms with Crippen molar-refractivity contribution >= 4 is 51.0 Å². The molecule has 4 aromatic rings. The minimum Gasteiger partial charge on any atom is -0.272 e. The standard InChI is InChI=1S/C13H6Cl2N4/c14-7-5-9-12(16-6-7)19-10-4-2-1-3-8(10)18-13(19)11(15)17-9/h1-6H. The van der Waals surface area contributed by atoms with Gasteiger partial charge < -0.3 is 0 Å². The van der Waals surface area contributed by atoms with Gasteiger partial charge in [0.1, 0.15) is 5.52 Å². The molecule has 0 unspecified atom stereocenters. The van der Waals surface area contributed by atoms with Crippen LogP contribution in [0.5, 0.6) is 0 Å². The molecular formula is C13H6Cl2N4. The maximum atomic E-state index is 6.19. The smallest absolute Gasteiger partial charge is 0.177 e. The van der Waals surface area contributed by atoms with E-state index in [0.29, 0.717) is 27.0 Å². The van der Waals surface area contributed by atoms with Crippen molar-refractivity contribution < 1.29 is 0 Å². The van der Waals surface area contributed by atoms with E-state index >= 15 is 0 Å². The predicted octanol–water partition coefficient (Wildman–Crippen LogP) is 3.74. The number of pyridine rings is 1. The Labute approximate surface area is 117 Å². The Hall–Kier alpha value is -1.91. The highest BCUT2D eigenvalue weighted by Gasteiger charge is 2.13. The summed E-state index contributed by atoms with van der Waals surface area (Å²) in [4.78, 5) is 13.1. The third kappa shape index (κ3) is 1.50. The number of hydrogen-bond donors (Lipinski definition) is 0. The third-order valence-electron chi connectivity index (χ3n) is 2.99. The van der Waals surface area contributed by atoms with Crippen molar-refractivity contribution in [3.63, 3.8) is 0 Å². The molecule has 0 bridgehead atoms. The minimum atomic E-state index is 0.341. The second kappa shape index (κ2) is 3.79. The molecule has 0 radical (unpaired) electrons. The summed E-state index contributed by atoms with van der Waals surface area (Å²) in [5, 5.41) is 0.868. The van der Waals surface area contributed by atoms with Gasteiger partial charge in [-0.2, -0.15) is 0 Å². The molecule has 1 aromatic carbocycles. The molecule has 6 heteroatoms. The first-order valence-electron chi connectivity index (χ1n) is 5.62. The molecule has 0 fully saturated rings. The second-order valence-electron chi connectivity index (χ2n) is 4.16. The van der Waals surface area contributed by atoms with Crippen molar-refractivity contribution in [1.29, 1.82) is 0 Å². The lowest BCUT2D eigenvalue weighted by molar-refractivity contribution is 1.18. The zero-order valence-corrected chi connectivity index (χ0v) is 11.0. The average Bonchev–Trinajstić information content (AvgIpc) is 2.79. The zero-order valence-electron chi connectivity index (χ0n) is 9.51. The average molecular weight is 289 g/mol. The van der Waals surface area contributed by atoms with Gasteiger partial charge in [-0.25, -0.2) is 15.0 Å². The van der Waals surface area contributed by atoms with E-state index in [1.54, 1.807) is 12.3 Å². The van der Waals surface area contributed by atoms with E-state index in [2.05, 4.69) is 15.0 Å². The summed E-state index contributed by atoms with van der Waals surface area (Å²) in [6.07, 6.45) is 1.59. The van der Waals surface area contributed by atoms with Gasteiger partial charge in [0.2, 0.25) is 0 Å². The highest BCUT2D eigenvalue weighted by Crippen LogP contribution is 2.26. The van der Waals surface area contributed by atoms with Crippen LogP contribution in [-0.4, -0.2) is 19.4 Å². The number of aromatic nitrogens is 4. The van der Waals surface area contributed by atoms with Crippen LogP contribution in [0.2, 0.25) is 10.2 Å². The quantitative estimate of drug-likeness (QED) is 0.495. The molecular weight excluding hydrogens is 283 g/mol. The van der Waals surface area contributed by atoms with E-state index < -0.39 is 0 Å². The van der Waals surface area contributed by atoms with E-state index in [4.69, 9.17) is 23.2 Å². The van der Waals surface area contributed by atoms with Crippen LogP contribution < -0.4 is 0 Å². The SMILES string of the molecule is Clc1cnc2c(c1)nc(Cl)c1nc3ccccc3n12. The maximum Gasteiger partial charge on any atom is 0.177 e. The molecule has 19 heavy (non-hydrogen) atoms. The van der Waals surface area contributed by atoms with Crippen LogP contribution >= 0.6 is 23.2 Å². The van der Waals surface area contributed by atoms with Gasteiger partial charge in [-0.3, -0.25) is 4.40 Å². The number of para-hydroxylation sites is 2. The largest absolute Gasteiger partial charge is 0.272 e. The van der Waals surface area contributed by atoms with Crippen molar-refractivity contribution in [3.8, 4) is 0 Å². The van der Waals surface area contributed by atoms with Crippen LogP contribution in [0.1, 0.15) is 0 Å². The molecule has 0 spiro atoms. The fourth-order valence-electron chi connectivity index (χ4n) is 2.21. The topological polar surface area (TPSA) is 43.1 Å². The van der Waals surface area contributed by atoms with Gasteiger partial charge in [0.05, 0.1) is 16.1 Å². The predicted molar refractivity (Wildman–Crippen MR) is 75.8 cm³/mol. The number of benzene rings is 1. The third-order valence-corrected chi connectivity index (χ3v) is 3.45. The van der Waals surface area contributed by atoms with Gasteiger partial charge in [0, 0.05) is 6.20 Å². The number of fused-ring (bicyclic) bond motifs is 5. The fraction of sp³-hybridized carbons (Fsp3) is 0. The Balaban J connectivity index is 2.36. The van der Waals surface area contributed by atoms with Crippen LogP contribution in [0, 0.1) is 0 Å². The molecule has 0 amide bonds. The summed E-state index contributed by atoms with van der Waals surface area (Å²) in [5.74, 6) is 0. The highest BCUT2D eigenvalue weighted by molar-refractivity contribution is 6.33. The fourth-order valence-corrected chi connectivity index (χ4v) is 2.58. The first-order valence-corrected chi connectivity index (χ1v) is 6.37. The molecule has 4 rings (SSSR count). The lowest BCUT2D eigenvalue weighted by atomic mass is 10.3. The van der Waals surface area contributed by atoms with Crippen LogP contribution in [0.15, 0.2) is 36.5 Å². The number of imidazole rings is 1. The van der Waals surface area contributed by atoms with Gasteiger partial charge in [-0.15, -0.1) is 0 Å². The maximum absolute atomic E-state index is 6.19. The summed E-state index contributed by atoms with van der Waals surface area (Å²) in [6.45, 7) is 0. The van der Waals surface area contributed by atoms with Crippen LogP contribution in [0.25, 0.3) is 27.8 Å². The molecule has 3 heterocycles. The van der Waals surface area contributed by atoms with Gasteiger partial charge in [0.15, 0.2) is 16.4 Å². The van der Waals surface area contributed by atoms with Crippen molar-refractivity contribution in [2.75, 3.05) is 0 Å². The molecule has 0 saturated heterocycles. The van der Waals surface area contributed by atoms with Crippen molar-refractivity contribution in [3.05, 3.63) is 46.7 Å². The Morgan fingerprint density at radius 1 is 0.947 bits per heavy atom. The molecule has 4 nitrogen and oxygen atoms in total. The second-order valence-corrected chi connectivity index (χ2v) is 4.95. The first-order chi connectivity index (χ1) is 9.24. The summed E-state index contributed by atoms with van der Waals surface area (Å²) < 4.78 is 1.90. The van der Waals surface area contributed by atoms with Crippen LogP contribution in [0.4, 0.5) is 0 Å². The lowest BCUT2D eigenvalue weighted by Gasteiger charge is -2.03. The Bertz CT molecular complexity index is 945. The zero-order chi connectivity index (χ0) is 13.0. The Morgan fingerprint density at radius 2 is 1.79 bits per heavy atom. The Morgan fingerprint density at radius 3 is 2.68 bits per heavy atom. The number of nitrogens with zero attached hydrogens (tertiary/aromatic N) is 4.